The lowest BCUT2D eigenvalue weighted by molar-refractivity contribution is -0.0153. The molecule has 0 amide bonds. The van der Waals surface area contributed by atoms with Crippen molar-refractivity contribution in [1.29, 1.82) is 0 Å². The Balaban J connectivity index is 1.52. The molecule has 18 heavy (non-hydrogen) atoms. The molecule has 2 aliphatic heterocycles. The molecule has 2 aliphatic rings. The summed E-state index contributed by atoms with van der Waals surface area (Å²) in [7, 11) is 0. The van der Waals surface area contributed by atoms with Crippen LogP contribution in [0.15, 0.2) is 24.4 Å². The van der Waals surface area contributed by atoms with Gasteiger partial charge in [0.2, 0.25) is 0 Å². The van der Waals surface area contributed by atoms with Gasteiger partial charge in [0.15, 0.2) is 0 Å². The predicted molar refractivity (Wildman–Crippen MR) is 71.8 cm³/mol. The number of piperidine rings is 1. The van der Waals surface area contributed by atoms with E-state index in [9.17, 15) is 0 Å². The van der Waals surface area contributed by atoms with Crippen molar-refractivity contribution in [3.8, 4) is 0 Å². The zero-order valence-corrected chi connectivity index (χ0v) is 10.7. The second kappa shape index (κ2) is 5.67. The first-order chi connectivity index (χ1) is 8.92. The van der Waals surface area contributed by atoms with Crippen molar-refractivity contribution < 1.29 is 4.74 Å². The van der Waals surface area contributed by atoms with Crippen molar-refractivity contribution in [1.82, 2.24) is 10.3 Å². The van der Waals surface area contributed by atoms with Crippen LogP contribution in [0, 0.1) is 0 Å². The van der Waals surface area contributed by atoms with Gasteiger partial charge in [-0.3, -0.25) is 0 Å². The zero-order chi connectivity index (χ0) is 12.2. The number of aromatic nitrogens is 1. The normalized spacial score (nSPS) is 25.6. The van der Waals surface area contributed by atoms with E-state index in [1.54, 1.807) is 0 Å². The first kappa shape index (κ1) is 11.9. The number of ether oxygens (including phenoxy) is 1. The minimum atomic E-state index is 0.384. The minimum Gasteiger partial charge on any atom is -0.373 e. The summed E-state index contributed by atoms with van der Waals surface area (Å²) in [4.78, 5) is 6.73. The van der Waals surface area contributed by atoms with Crippen LogP contribution in [-0.2, 0) is 4.74 Å². The first-order valence-electron chi connectivity index (χ1n) is 6.94. The van der Waals surface area contributed by atoms with Crippen molar-refractivity contribution in [2.45, 2.75) is 31.5 Å². The van der Waals surface area contributed by atoms with Gasteiger partial charge < -0.3 is 15.0 Å². The predicted octanol–water partition coefficient (Wildman–Crippen LogP) is 1.43. The van der Waals surface area contributed by atoms with Crippen molar-refractivity contribution >= 4 is 5.82 Å². The molecule has 3 heterocycles. The quantitative estimate of drug-likeness (QED) is 0.877. The van der Waals surface area contributed by atoms with Gasteiger partial charge in [-0.15, -0.1) is 0 Å². The average Bonchev–Trinajstić information content (AvgIpc) is 2.89. The fourth-order valence-corrected chi connectivity index (χ4v) is 2.79. The Kier molecular flexibility index (Phi) is 3.76. The first-order valence-corrected chi connectivity index (χ1v) is 6.94. The summed E-state index contributed by atoms with van der Waals surface area (Å²) < 4.78 is 6.19. The van der Waals surface area contributed by atoms with Crippen molar-refractivity contribution in [3.63, 3.8) is 0 Å². The van der Waals surface area contributed by atoms with Gasteiger partial charge in [-0.05, 0) is 44.5 Å². The molecule has 1 aromatic heterocycles. The molecule has 2 fully saturated rings. The Bertz CT molecular complexity index is 365. The highest BCUT2D eigenvalue weighted by atomic mass is 16.5. The number of anilines is 1. The van der Waals surface area contributed by atoms with Gasteiger partial charge in [0, 0.05) is 19.3 Å². The summed E-state index contributed by atoms with van der Waals surface area (Å²) in [6, 6.07) is 6.08. The molecule has 4 nitrogen and oxygen atoms in total. The third kappa shape index (κ3) is 2.82. The Hall–Kier alpha value is -1.13. The van der Waals surface area contributed by atoms with E-state index >= 15 is 0 Å². The Labute approximate surface area is 108 Å². The third-order valence-corrected chi connectivity index (χ3v) is 3.79. The third-order valence-electron chi connectivity index (χ3n) is 3.79. The maximum absolute atomic E-state index is 6.19. The molecule has 1 unspecified atom stereocenters. The molecule has 0 saturated carbocycles. The van der Waals surface area contributed by atoms with Crippen LogP contribution < -0.4 is 10.2 Å². The van der Waals surface area contributed by atoms with Crippen LogP contribution in [0.1, 0.15) is 19.3 Å². The van der Waals surface area contributed by atoms with Gasteiger partial charge in [-0.1, -0.05) is 6.07 Å². The summed E-state index contributed by atoms with van der Waals surface area (Å²) in [6.07, 6.45) is 6.13. The molecule has 1 N–H and O–H groups in total. The summed E-state index contributed by atoms with van der Waals surface area (Å²) in [6.45, 7) is 4.25. The Morgan fingerprint density at radius 3 is 2.83 bits per heavy atom. The molecule has 2 saturated heterocycles. The fraction of sp³-hybridized carbons (Fsp3) is 0.643. The van der Waals surface area contributed by atoms with E-state index in [4.69, 9.17) is 4.74 Å². The fourth-order valence-electron chi connectivity index (χ4n) is 2.79. The van der Waals surface area contributed by atoms with Crippen LogP contribution in [-0.4, -0.2) is 43.4 Å². The topological polar surface area (TPSA) is 37.4 Å². The van der Waals surface area contributed by atoms with Gasteiger partial charge >= 0.3 is 0 Å². The maximum Gasteiger partial charge on any atom is 0.128 e. The van der Waals surface area contributed by atoms with Gasteiger partial charge in [-0.2, -0.15) is 0 Å². The molecule has 0 aromatic carbocycles. The second-order valence-corrected chi connectivity index (χ2v) is 5.13. The van der Waals surface area contributed by atoms with Gasteiger partial charge in [0.05, 0.1) is 12.2 Å². The number of nitrogens with one attached hydrogen (secondary N) is 1. The molecule has 4 heteroatoms. The van der Waals surface area contributed by atoms with Crippen LogP contribution in [0.3, 0.4) is 0 Å². The lowest BCUT2D eigenvalue weighted by atomic mass is 10.1. The lowest BCUT2D eigenvalue weighted by Gasteiger charge is -2.26. The largest absolute Gasteiger partial charge is 0.373 e. The van der Waals surface area contributed by atoms with E-state index in [2.05, 4.69) is 21.3 Å². The highest BCUT2D eigenvalue weighted by molar-refractivity contribution is 5.39. The highest BCUT2D eigenvalue weighted by Gasteiger charge is 2.27. The smallest absolute Gasteiger partial charge is 0.128 e. The number of nitrogens with zero attached hydrogens (tertiary/aromatic N) is 2. The summed E-state index contributed by atoms with van der Waals surface area (Å²) >= 11 is 0. The van der Waals surface area contributed by atoms with Gasteiger partial charge in [0.1, 0.15) is 5.82 Å². The zero-order valence-electron chi connectivity index (χ0n) is 10.7. The van der Waals surface area contributed by atoms with Crippen molar-refractivity contribution in [2.24, 2.45) is 0 Å². The van der Waals surface area contributed by atoms with Crippen molar-refractivity contribution in [3.05, 3.63) is 24.4 Å². The number of hydrogen-bond donors (Lipinski definition) is 1. The molecule has 3 rings (SSSR count). The Morgan fingerprint density at radius 1 is 1.17 bits per heavy atom. The van der Waals surface area contributed by atoms with Crippen LogP contribution in [0.2, 0.25) is 0 Å². The summed E-state index contributed by atoms with van der Waals surface area (Å²) in [5.74, 6) is 1.08. The minimum absolute atomic E-state index is 0.384. The number of hydrogen-bond acceptors (Lipinski definition) is 4. The summed E-state index contributed by atoms with van der Waals surface area (Å²) in [5.41, 5.74) is 0. The van der Waals surface area contributed by atoms with Crippen LogP contribution >= 0.6 is 0 Å². The summed E-state index contributed by atoms with van der Waals surface area (Å²) in [5, 5.41) is 3.37. The molecule has 0 aliphatic carbocycles. The molecule has 1 aromatic rings. The molecule has 98 valence electrons. The SMILES string of the molecule is c1ccc(N2CCC(OC3CCNCC3)C2)nc1. The Morgan fingerprint density at radius 2 is 2.06 bits per heavy atom. The maximum atomic E-state index is 6.19. The van der Waals surface area contributed by atoms with E-state index in [0.717, 1.165) is 51.3 Å². The molecule has 0 bridgehead atoms. The molecule has 0 spiro atoms. The monoisotopic (exact) mass is 247 g/mol. The van der Waals surface area contributed by atoms with E-state index < -0.39 is 0 Å². The van der Waals surface area contributed by atoms with E-state index in [1.165, 1.54) is 0 Å². The lowest BCUT2D eigenvalue weighted by Crippen LogP contribution is -2.35. The molecular formula is C14H21N3O. The van der Waals surface area contributed by atoms with Crippen LogP contribution in [0.4, 0.5) is 5.82 Å². The van der Waals surface area contributed by atoms with E-state index in [1.807, 2.05) is 18.3 Å². The second-order valence-electron chi connectivity index (χ2n) is 5.13. The molecular weight excluding hydrogens is 226 g/mol. The average molecular weight is 247 g/mol. The van der Waals surface area contributed by atoms with Gasteiger partial charge in [-0.25, -0.2) is 4.98 Å². The van der Waals surface area contributed by atoms with Gasteiger partial charge in [0.25, 0.3) is 0 Å². The van der Waals surface area contributed by atoms with Crippen molar-refractivity contribution in [2.75, 3.05) is 31.1 Å². The van der Waals surface area contributed by atoms with Crippen LogP contribution in [0.25, 0.3) is 0 Å². The van der Waals surface area contributed by atoms with E-state index in [0.29, 0.717) is 12.2 Å². The van der Waals surface area contributed by atoms with E-state index in [-0.39, 0.29) is 0 Å². The standard InChI is InChI=1S/C14H21N3O/c1-2-7-16-14(3-1)17-10-6-13(11-17)18-12-4-8-15-9-5-12/h1-3,7,12-13,15H,4-6,8-11H2. The molecule has 1 atom stereocenters. The molecule has 0 radical (unpaired) electrons. The highest BCUT2D eigenvalue weighted by Crippen LogP contribution is 2.22. The number of rotatable bonds is 3. The van der Waals surface area contributed by atoms with Crippen LogP contribution in [0.5, 0.6) is 0 Å². The number of pyridine rings is 1.